The highest BCUT2D eigenvalue weighted by Crippen LogP contribution is 2.36. The Morgan fingerprint density at radius 3 is 1.96 bits per heavy atom. The van der Waals surface area contributed by atoms with Gasteiger partial charge in [-0.3, -0.25) is 0 Å². The van der Waals surface area contributed by atoms with E-state index >= 15 is 0 Å². The van der Waals surface area contributed by atoms with Crippen molar-refractivity contribution in [2.24, 2.45) is 0 Å². The van der Waals surface area contributed by atoms with Crippen LogP contribution >= 0.6 is 0 Å². The van der Waals surface area contributed by atoms with Crippen LogP contribution in [0.2, 0.25) is 6.55 Å². The molecule has 2 atom stereocenters. The normalized spacial score (nSPS) is 23.4. The Balaban J connectivity index is 1.77. The maximum absolute atomic E-state index is 6.75. The van der Waals surface area contributed by atoms with Crippen molar-refractivity contribution in [3.63, 3.8) is 0 Å². The third kappa shape index (κ3) is 2.66. The van der Waals surface area contributed by atoms with Crippen LogP contribution in [0.15, 0.2) is 91.0 Å². The highest BCUT2D eigenvalue weighted by atomic mass is 28.4. The van der Waals surface area contributed by atoms with Crippen LogP contribution in [-0.2, 0) is 4.43 Å². The van der Waals surface area contributed by atoms with Crippen molar-refractivity contribution in [1.82, 2.24) is 0 Å². The number of anilines is 1. The Hall–Kier alpha value is -2.36. The van der Waals surface area contributed by atoms with E-state index in [0.29, 0.717) is 0 Å². The van der Waals surface area contributed by atoms with Crippen molar-refractivity contribution >= 4 is 19.4 Å². The lowest BCUT2D eigenvalue weighted by Gasteiger charge is -2.32. The molecule has 1 saturated heterocycles. The molecule has 0 bridgehead atoms. The summed E-state index contributed by atoms with van der Waals surface area (Å²) in [6.07, 6.45) is 0.114. The van der Waals surface area contributed by atoms with Crippen LogP contribution in [0.3, 0.4) is 0 Å². The van der Waals surface area contributed by atoms with Crippen molar-refractivity contribution in [1.29, 1.82) is 0 Å². The largest absolute Gasteiger partial charge is 0.386 e. The van der Waals surface area contributed by atoms with Gasteiger partial charge in [0.25, 0.3) is 0 Å². The number of rotatable bonds is 3. The van der Waals surface area contributed by atoms with Gasteiger partial charge in [-0.2, -0.15) is 0 Å². The number of nitrogens with zero attached hydrogens (tertiary/aromatic N) is 1. The highest BCUT2D eigenvalue weighted by Gasteiger charge is 2.48. The van der Waals surface area contributed by atoms with Gasteiger partial charge in [0.2, 0.25) is 0 Å². The van der Waals surface area contributed by atoms with E-state index in [-0.39, 0.29) is 6.10 Å². The van der Waals surface area contributed by atoms with Crippen molar-refractivity contribution < 1.29 is 4.43 Å². The Bertz CT molecular complexity index is 794. The van der Waals surface area contributed by atoms with E-state index in [1.54, 1.807) is 0 Å². The maximum Gasteiger partial charge on any atom is 0.332 e. The van der Waals surface area contributed by atoms with Crippen molar-refractivity contribution in [3.8, 4) is 0 Å². The van der Waals surface area contributed by atoms with E-state index < -0.39 is 8.48 Å². The summed E-state index contributed by atoms with van der Waals surface area (Å²) in [6.45, 7) is 3.20. The first-order valence-corrected chi connectivity index (χ1v) is 10.7. The molecule has 1 heterocycles. The molecule has 1 aliphatic heterocycles. The fourth-order valence-corrected chi connectivity index (χ4v) is 6.80. The monoisotopic (exact) mass is 331 g/mol. The first-order valence-electron chi connectivity index (χ1n) is 8.38. The molecular weight excluding hydrogens is 310 g/mol. The van der Waals surface area contributed by atoms with Gasteiger partial charge in [0, 0.05) is 12.2 Å². The lowest BCUT2D eigenvalue weighted by atomic mass is 10.1. The molecule has 3 heteroatoms. The molecule has 0 amide bonds. The first-order chi connectivity index (χ1) is 11.8. The molecule has 2 nitrogen and oxygen atoms in total. The van der Waals surface area contributed by atoms with Crippen molar-refractivity contribution in [2.45, 2.75) is 12.7 Å². The summed E-state index contributed by atoms with van der Waals surface area (Å²) in [4.78, 5) is 0. The first kappa shape index (κ1) is 15.2. The highest BCUT2D eigenvalue weighted by molar-refractivity contribution is 6.89. The van der Waals surface area contributed by atoms with Crippen molar-refractivity contribution in [3.05, 3.63) is 96.6 Å². The van der Waals surface area contributed by atoms with Gasteiger partial charge < -0.3 is 8.99 Å². The van der Waals surface area contributed by atoms with Crippen LogP contribution in [0, 0.1) is 0 Å². The average molecular weight is 331 g/mol. The topological polar surface area (TPSA) is 12.5 Å². The molecule has 0 aliphatic carbocycles. The van der Waals surface area contributed by atoms with Gasteiger partial charge in [-0.05, 0) is 29.4 Å². The van der Waals surface area contributed by atoms with E-state index in [1.807, 2.05) is 0 Å². The zero-order valence-electron chi connectivity index (χ0n) is 13.8. The Kier molecular flexibility index (Phi) is 3.96. The molecule has 0 N–H and O–H groups in total. The van der Waals surface area contributed by atoms with Crippen molar-refractivity contribution in [2.75, 3.05) is 11.1 Å². The number of hydrogen-bond acceptors (Lipinski definition) is 2. The summed E-state index contributed by atoms with van der Waals surface area (Å²) in [7, 11) is -2.25. The average Bonchev–Trinajstić information content (AvgIpc) is 3.03. The lowest BCUT2D eigenvalue weighted by molar-refractivity contribution is 0.244. The molecule has 120 valence electrons. The summed E-state index contributed by atoms with van der Waals surface area (Å²) in [5.74, 6) is 0. The van der Waals surface area contributed by atoms with E-state index in [2.05, 4.69) is 102 Å². The molecule has 24 heavy (non-hydrogen) atoms. The van der Waals surface area contributed by atoms with Crippen LogP contribution in [0.1, 0.15) is 11.7 Å². The molecule has 0 radical (unpaired) electrons. The molecule has 0 spiro atoms. The summed E-state index contributed by atoms with van der Waals surface area (Å²) in [5.41, 5.74) is 2.50. The van der Waals surface area contributed by atoms with E-state index in [9.17, 15) is 0 Å². The smallest absolute Gasteiger partial charge is 0.332 e. The second-order valence-corrected chi connectivity index (χ2v) is 9.63. The SMILES string of the molecule is C[Si@]1(c2ccccc2)O[C@H](c2ccccc2)CN1c1ccccc1. The Labute approximate surface area is 144 Å². The summed E-state index contributed by atoms with van der Waals surface area (Å²) >= 11 is 0. The maximum atomic E-state index is 6.75. The lowest BCUT2D eigenvalue weighted by Crippen LogP contribution is -2.58. The summed E-state index contributed by atoms with van der Waals surface area (Å²) in [6, 6.07) is 31.9. The summed E-state index contributed by atoms with van der Waals surface area (Å²) in [5, 5.41) is 1.31. The van der Waals surface area contributed by atoms with E-state index in [0.717, 1.165) is 6.54 Å². The van der Waals surface area contributed by atoms with Gasteiger partial charge >= 0.3 is 8.48 Å². The molecule has 3 aromatic rings. The van der Waals surface area contributed by atoms with Crippen LogP contribution in [-0.4, -0.2) is 15.0 Å². The molecule has 0 saturated carbocycles. The second kappa shape index (κ2) is 6.27. The molecule has 3 aromatic carbocycles. The van der Waals surface area contributed by atoms with Gasteiger partial charge in [0.15, 0.2) is 0 Å². The molecule has 1 aliphatic rings. The van der Waals surface area contributed by atoms with Crippen LogP contribution in [0.4, 0.5) is 5.69 Å². The Morgan fingerprint density at radius 2 is 1.33 bits per heavy atom. The molecule has 0 unspecified atom stereocenters. The zero-order chi connectivity index (χ0) is 16.4. The van der Waals surface area contributed by atoms with Gasteiger partial charge in [0.05, 0.1) is 6.10 Å². The Morgan fingerprint density at radius 1 is 0.792 bits per heavy atom. The minimum atomic E-state index is -2.25. The van der Waals surface area contributed by atoms with Gasteiger partial charge in [-0.25, -0.2) is 0 Å². The second-order valence-electron chi connectivity index (χ2n) is 6.31. The minimum Gasteiger partial charge on any atom is -0.386 e. The predicted molar refractivity (Wildman–Crippen MR) is 102 cm³/mol. The van der Waals surface area contributed by atoms with Crippen LogP contribution in [0.5, 0.6) is 0 Å². The molecule has 4 rings (SSSR count). The number of benzene rings is 3. The summed E-state index contributed by atoms with van der Waals surface area (Å²) < 4.78 is 9.25. The number of para-hydroxylation sites is 1. The standard InChI is InChI=1S/C21H21NOSi/c1-24(20-15-9-4-10-16-20)22(19-13-7-3-8-14-19)17-21(23-24)18-11-5-2-6-12-18/h2-16,21H,17H2,1H3/t21-,24+/m0/s1. The zero-order valence-corrected chi connectivity index (χ0v) is 14.8. The predicted octanol–water partition coefficient (Wildman–Crippen LogP) is 4.24. The fourth-order valence-electron chi connectivity index (χ4n) is 3.49. The van der Waals surface area contributed by atoms with E-state index in [4.69, 9.17) is 4.43 Å². The van der Waals surface area contributed by atoms with Crippen LogP contribution in [0.25, 0.3) is 0 Å². The quantitative estimate of drug-likeness (QED) is 0.666. The van der Waals surface area contributed by atoms with Gasteiger partial charge in [-0.1, -0.05) is 78.9 Å². The van der Waals surface area contributed by atoms with Crippen LogP contribution < -0.4 is 9.75 Å². The van der Waals surface area contributed by atoms with Gasteiger partial charge in [-0.15, -0.1) is 0 Å². The minimum absolute atomic E-state index is 0.114. The molecular formula is C21H21NOSi. The number of hydrogen-bond donors (Lipinski definition) is 0. The third-order valence-corrected chi connectivity index (χ3v) is 8.40. The fraction of sp³-hybridized carbons (Fsp3) is 0.143. The third-order valence-electron chi connectivity index (χ3n) is 4.78. The molecule has 1 fully saturated rings. The van der Waals surface area contributed by atoms with Gasteiger partial charge in [0.1, 0.15) is 0 Å². The van der Waals surface area contributed by atoms with E-state index in [1.165, 1.54) is 16.4 Å². The molecule has 0 aromatic heterocycles.